The van der Waals surface area contributed by atoms with Gasteiger partial charge in [-0.05, 0) is 35.3 Å². The minimum Gasteiger partial charge on any atom is -0.497 e. The molecule has 1 atom stereocenters. The first-order valence-corrected chi connectivity index (χ1v) is 8.78. The number of ether oxygens (including phenoxy) is 2. The van der Waals surface area contributed by atoms with Gasteiger partial charge in [0.25, 0.3) is 5.91 Å². The van der Waals surface area contributed by atoms with Gasteiger partial charge in [-0.2, -0.15) is 5.26 Å². The topological polar surface area (TPSA) is 88.4 Å². The van der Waals surface area contributed by atoms with E-state index in [1.54, 1.807) is 37.4 Å². The summed E-state index contributed by atoms with van der Waals surface area (Å²) in [6, 6.07) is 18.4. The number of hydrogen-bond acceptors (Lipinski definition) is 5. The van der Waals surface area contributed by atoms with Crippen molar-refractivity contribution in [2.75, 3.05) is 20.3 Å². The molecule has 1 N–H and O–H groups in total. The summed E-state index contributed by atoms with van der Waals surface area (Å²) in [5.41, 5.74) is 1.57. The Kier molecular flexibility index (Phi) is 7.79. The first-order chi connectivity index (χ1) is 13.5. The SMILES string of the molecule is COc1ccc(/C=C(\C#N)C(=O)OCC(=O)NC[C@H](C)c2ccccc2)cc1. The van der Waals surface area contributed by atoms with E-state index in [1.807, 2.05) is 37.3 Å². The molecule has 1 amide bonds. The van der Waals surface area contributed by atoms with Crippen LogP contribution in [0.3, 0.4) is 0 Å². The van der Waals surface area contributed by atoms with Crippen molar-refractivity contribution in [1.29, 1.82) is 5.26 Å². The summed E-state index contributed by atoms with van der Waals surface area (Å²) in [6.07, 6.45) is 1.40. The molecule has 2 aromatic rings. The van der Waals surface area contributed by atoms with E-state index in [0.29, 0.717) is 17.9 Å². The molecule has 0 radical (unpaired) electrons. The maximum absolute atomic E-state index is 12.0. The third-order valence-corrected chi connectivity index (χ3v) is 4.08. The van der Waals surface area contributed by atoms with Crippen LogP contribution in [0.15, 0.2) is 60.2 Å². The van der Waals surface area contributed by atoms with Crippen LogP contribution in [0.25, 0.3) is 6.08 Å². The molecule has 0 bridgehead atoms. The van der Waals surface area contributed by atoms with Crippen molar-refractivity contribution in [3.8, 4) is 11.8 Å². The molecule has 0 aliphatic heterocycles. The fraction of sp³-hybridized carbons (Fsp3) is 0.227. The van der Waals surface area contributed by atoms with Gasteiger partial charge in [-0.3, -0.25) is 4.79 Å². The van der Waals surface area contributed by atoms with Gasteiger partial charge < -0.3 is 14.8 Å². The van der Waals surface area contributed by atoms with Crippen LogP contribution in [0.1, 0.15) is 24.0 Å². The molecular weight excluding hydrogens is 356 g/mol. The van der Waals surface area contributed by atoms with Crippen molar-refractivity contribution in [2.24, 2.45) is 0 Å². The minimum absolute atomic E-state index is 0.130. The molecule has 6 nitrogen and oxygen atoms in total. The Morgan fingerprint density at radius 3 is 2.43 bits per heavy atom. The summed E-state index contributed by atoms with van der Waals surface area (Å²) < 4.78 is 10.0. The highest BCUT2D eigenvalue weighted by Crippen LogP contribution is 2.15. The lowest BCUT2D eigenvalue weighted by Crippen LogP contribution is -2.31. The van der Waals surface area contributed by atoms with Crippen molar-refractivity contribution in [3.05, 3.63) is 71.3 Å². The van der Waals surface area contributed by atoms with Crippen LogP contribution in [0.2, 0.25) is 0 Å². The molecule has 0 spiro atoms. The summed E-state index contributed by atoms with van der Waals surface area (Å²) >= 11 is 0. The molecule has 0 fully saturated rings. The molecule has 0 heterocycles. The number of nitrogens with zero attached hydrogens (tertiary/aromatic N) is 1. The fourth-order valence-corrected chi connectivity index (χ4v) is 2.43. The maximum atomic E-state index is 12.0. The van der Waals surface area contributed by atoms with E-state index in [1.165, 1.54) is 6.08 Å². The van der Waals surface area contributed by atoms with Crippen LogP contribution in [0, 0.1) is 11.3 Å². The lowest BCUT2D eigenvalue weighted by atomic mass is 10.0. The van der Waals surface area contributed by atoms with Crippen LogP contribution in [0.4, 0.5) is 0 Å². The Balaban J connectivity index is 1.84. The van der Waals surface area contributed by atoms with E-state index in [-0.39, 0.29) is 11.5 Å². The van der Waals surface area contributed by atoms with Gasteiger partial charge in [-0.25, -0.2) is 4.79 Å². The molecule has 2 rings (SSSR count). The summed E-state index contributed by atoms with van der Waals surface area (Å²) in [4.78, 5) is 24.0. The predicted octanol–water partition coefficient (Wildman–Crippen LogP) is 3.07. The molecule has 2 aromatic carbocycles. The van der Waals surface area contributed by atoms with Crippen molar-refractivity contribution < 1.29 is 19.1 Å². The molecule has 6 heteroatoms. The quantitative estimate of drug-likeness (QED) is 0.433. The van der Waals surface area contributed by atoms with Gasteiger partial charge in [-0.15, -0.1) is 0 Å². The Morgan fingerprint density at radius 2 is 1.82 bits per heavy atom. The van der Waals surface area contributed by atoms with Crippen LogP contribution in [-0.4, -0.2) is 32.1 Å². The average molecular weight is 378 g/mol. The number of carbonyl (C=O) groups excluding carboxylic acids is 2. The highest BCUT2D eigenvalue weighted by Gasteiger charge is 2.14. The van der Waals surface area contributed by atoms with Crippen molar-refractivity contribution in [2.45, 2.75) is 12.8 Å². The molecule has 0 aliphatic carbocycles. The van der Waals surface area contributed by atoms with Crippen LogP contribution in [0.5, 0.6) is 5.75 Å². The summed E-state index contributed by atoms with van der Waals surface area (Å²) in [6.45, 7) is 1.97. The molecule has 0 aliphatic rings. The van der Waals surface area contributed by atoms with Crippen LogP contribution in [-0.2, 0) is 14.3 Å². The lowest BCUT2D eigenvalue weighted by Gasteiger charge is -2.13. The number of hydrogen-bond donors (Lipinski definition) is 1. The first-order valence-electron chi connectivity index (χ1n) is 8.78. The second-order valence-corrected chi connectivity index (χ2v) is 6.13. The van der Waals surface area contributed by atoms with E-state index in [9.17, 15) is 14.9 Å². The molecule has 0 saturated carbocycles. The zero-order chi connectivity index (χ0) is 20.4. The largest absolute Gasteiger partial charge is 0.497 e. The highest BCUT2D eigenvalue weighted by atomic mass is 16.5. The number of methoxy groups -OCH3 is 1. The number of benzene rings is 2. The Morgan fingerprint density at radius 1 is 1.14 bits per heavy atom. The van der Waals surface area contributed by atoms with Gasteiger partial charge >= 0.3 is 5.97 Å². The standard InChI is InChI=1S/C22H22N2O4/c1-16(18-6-4-3-5-7-18)14-24-21(25)15-28-22(26)19(13-23)12-17-8-10-20(27-2)11-9-17/h3-12,16H,14-15H2,1-2H3,(H,24,25)/b19-12+/t16-/m0/s1. The molecular formula is C22H22N2O4. The second kappa shape index (κ2) is 10.5. The number of amides is 1. The van der Waals surface area contributed by atoms with Crippen molar-refractivity contribution >= 4 is 18.0 Å². The van der Waals surface area contributed by atoms with Gasteiger partial charge in [0, 0.05) is 6.54 Å². The number of nitrogens with one attached hydrogen (secondary N) is 1. The number of nitriles is 1. The van der Waals surface area contributed by atoms with Gasteiger partial charge in [0.15, 0.2) is 6.61 Å². The van der Waals surface area contributed by atoms with Gasteiger partial charge in [0.05, 0.1) is 7.11 Å². The third kappa shape index (κ3) is 6.29. The Labute approximate surface area is 164 Å². The highest BCUT2D eigenvalue weighted by molar-refractivity contribution is 5.98. The van der Waals surface area contributed by atoms with E-state index >= 15 is 0 Å². The van der Waals surface area contributed by atoms with Gasteiger partial charge in [0.2, 0.25) is 0 Å². The van der Waals surface area contributed by atoms with Crippen LogP contribution >= 0.6 is 0 Å². The number of rotatable bonds is 8. The number of esters is 1. The minimum atomic E-state index is -0.843. The first kappa shape index (κ1) is 20.7. The van der Waals surface area contributed by atoms with Crippen molar-refractivity contribution in [3.63, 3.8) is 0 Å². The van der Waals surface area contributed by atoms with E-state index in [0.717, 1.165) is 5.56 Å². The third-order valence-electron chi connectivity index (χ3n) is 4.08. The number of carbonyl (C=O) groups is 2. The summed E-state index contributed by atoms with van der Waals surface area (Å²) in [5, 5.41) is 11.9. The molecule has 28 heavy (non-hydrogen) atoms. The van der Waals surface area contributed by atoms with Crippen molar-refractivity contribution in [1.82, 2.24) is 5.32 Å². The smallest absolute Gasteiger partial charge is 0.349 e. The van der Waals surface area contributed by atoms with Gasteiger partial charge in [-0.1, -0.05) is 49.4 Å². The lowest BCUT2D eigenvalue weighted by molar-refractivity contribution is -0.144. The average Bonchev–Trinajstić information content (AvgIpc) is 2.75. The Bertz CT molecular complexity index is 868. The second-order valence-electron chi connectivity index (χ2n) is 6.13. The molecule has 0 aromatic heterocycles. The summed E-state index contributed by atoms with van der Waals surface area (Å²) in [7, 11) is 1.55. The molecule has 0 unspecified atom stereocenters. The molecule has 144 valence electrons. The Hall–Kier alpha value is -3.59. The zero-order valence-electron chi connectivity index (χ0n) is 15.8. The summed E-state index contributed by atoms with van der Waals surface area (Å²) in [5.74, 6) is -0.465. The van der Waals surface area contributed by atoms with Gasteiger partial charge in [0.1, 0.15) is 17.4 Å². The monoisotopic (exact) mass is 378 g/mol. The van der Waals surface area contributed by atoms with E-state index in [2.05, 4.69) is 5.32 Å². The van der Waals surface area contributed by atoms with E-state index in [4.69, 9.17) is 9.47 Å². The van der Waals surface area contributed by atoms with E-state index < -0.39 is 18.5 Å². The predicted molar refractivity (Wildman–Crippen MR) is 105 cm³/mol. The normalized spacial score (nSPS) is 11.8. The molecule has 0 saturated heterocycles. The fourth-order valence-electron chi connectivity index (χ4n) is 2.43. The zero-order valence-corrected chi connectivity index (χ0v) is 15.8. The van der Waals surface area contributed by atoms with Crippen LogP contribution < -0.4 is 10.1 Å². The maximum Gasteiger partial charge on any atom is 0.349 e.